The van der Waals surface area contributed by atoms with Gasteiger partial charge in [0, 0.05) is 11.6 Å². The Morgan fingerprint density at radius 1 is 1.33 bits per heavy atom. The summed E-state index contributed by atoms with van der Waals surface area (Å²) in [4.78, 5) is 10.7. The minimum atomic E-state index is -0.972. The van der Waals surface area contributed by atoms with Crippen LogP contribution in [-0.2, 0) is 4.79 Å². The monoisotopic (exact) mass is 290 g/mol. The Balaban J connectivity index is 2.26. The molecule has 4 heteroatoms. The average Bonchev–Trinajstić information content (AvgIpc) is 2.49. The summed E-state index contributed by atoms with van der Waals surface area (Å²) in [5.41, 5.74) is 0.744. The Kier molecular flexibility index (Phi) is 5.67. The van der Waals surface area contributed by atoms with Crippen LogP contribution in [0.5, 0.6) is 11.5 Å². The van der Waals surface area contributed by atoms with E-state index < -0.39 is 5.97 Å². The van der Waals surface area contributed by atoms with Crippen molar-refractivity contribution in [2.45, 2.75) is 45.1 Å². The molecule has 0 amide bonds. The fraction of sp³-hybridized carbons (Fsp3) is 0.471. The van der Waals surface area contributed by atoms with Crippen molar-refractivity contribution in [2.24, 2.45) is 0 Å². The predicted octanol–water partition coefficient (Wildman–Crippen LogP) is 3.89. The van der Waals surface area contributed by atoms with Crippen LogP contribution in [0.3, 0.4) is 0 Å². The molecule has 1 fully saturated rings. The molecule has 0 saturated heterocycles. The molecular formula is C17H22O4. The highest BCUT2D eigenvalue weighted by Crippen LogP contribution is 2.35. The maximum absolute atomic E-state index is 10.7. The first-order valence-corrected chi connectivity index (χ1v) is 7.54. The number of benzene rings is 1. The van der Waals surface area contributed by atoms with Gasteiger partial charge in [0.15, 0.2) is 11.5 Å². The first-order valence-electron chi connectivity index (χ1n) is 7.54. The lowest BCUT2D eigenvalue weighted by atomic mass is 9.97. The second kappa shape index (κ2) is 7.72. The molecule has 1 saturated carbocycles. The minimum absolute atomic E-state index is 0.192. The molecule has 0 aromatic heterocycles. The number of aliphatic carboxylic acids is 1. The number of hydrogen-bond acceptors (Lipinski definition) is 3. The van der Waals surface area contributed by atoms with E-state index in [0.717, 1.165) is 24.5 Å². The first-order chi connectivity index (χ1) is 10.2. The standard InChI is InChI=1S/C17H22O4/c1-2-20-15-10-6-7-13(11-12-16(18)19)17(15)21-14-8-4-3-5-9-14/h6-7,10-12,14H,2-5,8-9H2,1H3,(H,18,19)/b12-11+. The molecule has 1 aromatic rings. The topological polar surface area (TPSA) is 55.8 Å². The van der Waals surface area contributed by atoms with Crippen LogP contribution in [0.1, 0.15) is 44.6 Å². The molecule has 1 aromatic carbocycles. The van der Waals surface area contributed by atoms with Gasteiger partial charge in [-0.15, -0.1) is 0 Å². The maximum atomic E-state index is 10.7. The molecule has 0 spiro atoms. The summed E-state index contributed by atoms with van der Waals surface area (Å²) in [5.74, 6) is 0.361. The largest absolute Gasteiger partial charge is 0.490 e. The van der Waals surface area contributed by atoms with Crippen molar-refractivity contribution < 1.29 is 19.4 Å². The van der Waals surface area contributed by atoms with Crippen molar-refractivity contribution in [3.63, 3.8) is 0 Å². The van der Waals surface area contributed by atoms with Gasteiger partial charge in [-0.3, -0.25) is 0 Å². The van der Waals surface area contributed by atoms with Crippen molar-refractivity contribution >= 4 is 12.0 Å². The number of carboxylic acids is 1. The number of ether oxygens (including phenoxy) is 2. The third-order valence-corrected chi connectivity index (χ3v) is 3.55. The van der Waals surface area contributed by atoms with Gasteiger partial charge >= 0.3 is 5.97 Å². The van der Waals surface area contributed by atoms with Gasteiger partial charge in [0.1, 0.15) is 0 Å². The Bertz CT molecular complexity index is 502. The number of carbonyl (C=O) groups is 1. The molecule has 0 radical (unpaired) electrons. The van der Waals surface area contributed by atoms with Crippen molar-refractivity contribution in [1.82, 2.24) is 0 Å². The van der Waals surface area contributed by atoms with E-state index in [-0.39, 0.29) is 6.10 Å². The summed E-state index contributed by atoms with van der Waals surface area (Å²) in [6, 6.07) is 5.56. The molecule has 0 bridgehead atoms. The van der Waals surface area contributed by atoms with E-state index in [9.17, 15) is 4.79 Å². The third-order valence-electron chi connectivity index (χ3n) is 3.55. The van der Waals surface area contributed by atoms with Gasteiger partial charge in [-0.2, -0.15) is 0 Å². The summed E-state index contributed by atoms with van der Waals surface area (Å²) < 4.78 is 11.8. The van der Waals surface area contributed by atoms with E-state index in [2.05, 4.69) is 0 Å². The summed E-state index contributed by atoms with van der Waals surface area (Å²) in [5, 5.41) is 8.80. The second-order valence-corrected chi connectivity index (χ2v) is 5.16. The van der Waals surface area contributed by atoms with Crippen LogP contribution in [0.2, 0.25) is 0 Å². The molecule has 21 heavy (non-hydrogen) atoms. The molecule has 0 unspecified atom stereocenters. The van der Waals surface area contributed by atoms with Crippen LogP contribution in [-0.4, -0.2) is 23.8 Å². The quantitative estimate of drug-likeness (QED) is 0.807. The molecule has 1 aliphatic rings. The molecule has 0 atom stereocenters. The molecule has 1 aliphatic carbocycles. The molecule has 4 nitrogen and oxygen atoms in total. The molecular weight excluding hydrogens is 268 g/mol. The van der Waals surface area contributed by atoms with E-state index in [4.69, 9.17) is 14.6 Å². The van der Waals surface area contributed by atoms with E-state index in [0.29, 0.717) is 18.1 Å². The first kappa shape index (κ1) is 15.4. The minimum Gasteiger partial charge on any atom is -0.490 e. The van der Waals surface area contributed by atoms with E-state index in [1.807, 2.05) is 25.1 Å². The van der Waals surface area contributed by atoms with Crippen LogP contribution < -0.4 is 9.47 Å². The van der Waals surface area contributed by atoms with Gasteiger partial charge in [0.2, 0.25) is 0 Å². The van der Waals surface area contributed by atoms with Gasteiger partial charge in [-0.05, 0) is 44.7 Å². The highest BCUT2D eigenvalue weighted by atomic mass is 16.5. The average molecular weight is 290 g/mol. The van der Waals surface area contributed by atoms with E-state index in [1.54, 1.807) is 6.08 Å². The third kappa shape index (κ3) is 4.52. The molecule has 2 rings (SSSR count). The van der Waals surface area contributed by atoms with Crippen molar-refractivity contribution in [3.05, 3.63) is 29.8 Å². The normalized spacial score (nSPS) is 16.0. The van der Waals surface area contributed by atoms with Crippen LogP contribution in [0.25, 0.3) is 6.08 Å². The van der Waals surface area contributed by atoms with Crippen LogP contribution in [0.15, 0.2) is 24.3 Å². The number of carboxylic acid groups (broad SMARTS) is 1. The van der Waals surface area contributed by atoms with E-state index in [1.165, 1.54) is 19.3 Å². The second-order valence-electron chi connectivity index (χ2n) is 5.16. The summed E-state index contributed by atoms with van der Waals surface area (Å²) in [7, 11) is 0. The number of hydrogen-bond donors (Lipinski definition) is 1. The van der Waals surface area contributed by atoms with Gasteiger partial charge in [0.25, 0.3) is 0 Å². The fourth-order valence-corrected chi connectivity index (χ4v) is 2.57. The Morgan fingerprint density at radius 3 is 2.76 bits per heavy atom. The smallest absolute Gasteiger partial charge is 0.328 e. The number of rotatable bonds is 6. The maximum Gasteiger partial charge on any atom is 0.328 e. The lowest BCUT2D eigenvalue weighted by Gasteiger charge is -2.25. The Morgan fingerprint density at radius 2 is 2.10 bits per heavy atom. The van der Waals surface area contributed by atoms with Crippen LogP contribution >= 0.6 is 0 Å². The predicted molar refractivity (Wildman–Crippen MR) is 81.8 cm³/mol. The summed E-state index contributed by atoms with van der Waals surface area (Å²) in [6.45, 7) is 2.47. The van der Waals surface area contributed by atoms with Crippen LogP contribution in [0, 0.1) is 0 Å². The molecule has 0 heterocycles. The lowest BCUT2D eigenvalue weighted by molar-refractivity contribution is -0.131. The van der Waals surface area contributed by atoms with Crippen molar-refractivity contribution in [1.29, 1.82) is 0 Å². The lowest BCUT2D eigenvalue weighted by Crippen LogP contribution is -2.20. The molecule has 114 valence electrons. The van der Waals surface area contributed by atoms with Crippen molar-refractivity contribution in [2.75, 3.05) is 6.61 Å². The highest BCUT2D eigenvalue weighted by Gasteiger charge is 2.18. The van der Waals surface area contributed by atoms with Gasteiger partial charge in [0.05, 0.1) is 12.7 Å². The zero-order chi connectivity index (χ0) is 15.1. The summed E-state index contributed by atoms with van der Waals surface area (Å²) >= 11 is 0. The van der Waals surface area contributed by atoms with Crippen molar-refractivity contribution in [3.8, 4) is 11.5 Å². The SMILES string of the molecule is CCOc1cccc(/C=C/C(=O)O)c1OC1CCCCC1. The number of para-hydroxylation sites is 1. The summed E-state index contributed by atoms with van der Waals surface area (Å²) in [6.07, 6.45) is 8.59. The Labute approximate surface area is 125 Å². The fourth-order valence-electron chi connectivity index (χ4n) is 2.57. The van der Waals surface area contributed by atoms with Gasteiger partial charge in [-0.25, -0.2) is 4.79 Å². The zero-order valence-corrected chi connectivity index (χ0v) is 12.4. The zero-order valence-electron chi connectivity index (χ0n) is 12.4. The highest BCUT2D eigenvalue weighted by molar-refractivity contribution is 5.86. The van der Waals surface area contributed by atoms with Crippen LogP contribution in [0.4, 0.5) is 0 Å². The van der Waals surface area contributed by atoms with E-state index >= 15 is 0 Å². The molecule has 0 aliphatic heterocycles. The molecule has 1 N–H and O–H groups in total. The Hall–Kier alpha value is -1.97. The van der Waals surface area contributed by atoms with Gasteiger partial charge < -0.3 is 14.6 Å². The van der Waals surface area contributed by atoms with Gasteiger partial charge in [-0.1, -0.05) is 18.6 Å².